The number of aliphatic hydroxyl groups excluding tert-OH is 1. The fraction of sp³-hybridized carbons (Fsp3) is 0.118. The van der Waals surface area contributed by atoms with Crippen molar-refractivity contribution in [2.24, 2.45) is 0 Å². The maximum Gasteiger partial charge on any atom is 0.139 e. The minimum absolute atomic E-state index is 0.144. The fourth-order valence-corrected chi connectivity index (χ4v) is 2.64. The van der Waals surface area contributed by atoms with E-state index in [-0.39, 0.29) is 6.61 Å². The first kappa shape index (κ1) is 13.9. The molecular weight excluding hydrogens is 284 g/mol. The van der Waals surface area contributed by atoms with Crippen molar-refractivity contribution in [3.8, 4) is 16.9 Å². The molecule has 3 aromatic rings. The summed E-state index contributed by atoms with van der Waals surface area (Å²) in [7, 11) is 0. The van der Waals surface area contributed by atoms with Crippen LogP contribution in [0.25, 0.3) is 16.9 Å². The van der Waals surface area contributed by atoms with E-state index in [9.17, 15) is 5.11 Å². The van der Waals surface area contributed by atoms with Gasteiger partial charge in [0.1, 0.15) is 5.15 Å². The number of halogens is 1. The second kappa shape index (κ2) is 5.72. The van der Waals surface area contributed by atoms with Crippen LogP contribution in [-0.4, -0.2) is 14.9 Å². The van der Waals surface area contributed by atoms with Crippen molar-refractivity contribution in [3.63, 3.8) is 0 Å². The van der Waals surface area contributed by atoms with E-state index in [0.29, 0.717) is 16.4 Å². The molecule has 3 nitrogen and oxygen atoms in total. The summed E-state index contributed by atoms with van der Waals surface area (Å²) in [5, 5.41) is 14.7. The molecule has 1 aromatic heterocycles. The minimum atomic E-state index is -0.144. The highest BCUT2D eigenvalue weighted by molar-refractivity contribution is 6.31. The van der Waals surface area contributed by atoms with Gasteiger partial charge < -0.3 is 5.11 Å². The summed E-state index contributed by atoms with van der Waals surface area (Å²) in [6, 6.07) is 17.6. The molecule has 0 atom stereocenters. The van der Waals surface area contributed by atoms with Crippen molar-refractivity contribution >= 4 is 11.6 Å². The Morgan fingerprint density at radius 2 is 1.71 bits per heavy atom. The lowest BCUT2D eigenvalue weighted by Crippen LogP contribution is -1.99. The second-order valence-corrected chi connectivity index (χ2v) is 5.20. The zero-order valence-electron chi connectivity index (χ0n) is 11.6. The molecule has 1 N–H and O–H groups in total. The third kappa shape index (κ3) is 2.46. The van der Waals surface area contributed by atoms with Crippen molar-refractivity contribution in [1.29, 1.82) is 0 Å². The number of hydrogen-bond acceptors (Lipinski definition) is 2. The number of para-hydroxylation sites is 1. The number of hydrogen-bond donors (Lipinski definition) is 1. The number of aliphatic hydroxyl groups is 1. The largest absolute Gasteiger partial charge is 0.391 e. The maximum atomic E-state index is 9.65. The van der Waals surface area contributed by atoms with E-state index in [1.54, 1.807) is 4.68 Å². The number of aryl methyl sites for hydroxylation is 1. The van der Waals surface area contributed by atoms with Crippen LogP contribution in [0.5, 0.6) is 0 Å². The van der Waals surface area contributed by atoms with Crippen molar-refractivity contribution in [1.82, 2.24) is 9.78 Å². The highest BCUT2D eigenvalue weighted by atomic mass is 35.5. The molecule has 1 heterocycles. The van der Waals surface area contributed by atoms with E-state index in [1.165, 1.54) is 0 Å². The van der Waals surface area contributed by atoms with Gasteiger partial charge in [-0.3, -0.25) is 0 Å². The maximum absolute atomic E-state index is 9.65. The quantitative estimate of drug-likeness (QED) is 0.794. The van der Waals surface area contributed by atoms with Gasteiger partial charge in [0.15, 0.2) is 0 Å². The summed E-state index contributed by atoms with van der Waals surface area (Å²) in [6.07, 6.45) is 0. The molecule has 3 rings (SSSR count). The lowest BCUT2D eigenvalue weighted by atomic mass is 10.1. The molecule has 0 aliphatic carbocycles. The first-order chi connectivity index (χ1) is 10.2. The summed E-state index contributed by atoms with van der Waals surface area (Å²) < 4.78 is 1.69. The van der Waals surface area contributed by atoms with Gasteiger partial charge in [-0.15, -0.1) is 0 Å². The van der Waals surface area contributed by atoms with Gasteiger partial charge in [0.25, 0.3) is 0 Å². The third-order valence-electron chi connectivity index (χ3n) is 3.47. The summed E-state index contributed by atoms with van der Waals surface area (Å²) >= 11 is 6.43. The normalized spacial score (nSPS) is 10.8. The van der Waals surface area contributed by atoms with Crippen LogP contribution in [0.3, 0.4) is 0 Å². The van der Waals surface area contributed by atoms with Crippen molar-refractivity contribution in [2.45, 2.75) is 13.5 Å². The van der Waals surface area contributed by atoms with Crippen LogP contribution in [0.1, 0.15) is 11.1 Å². The SMILES string of the molecule is Cc1ccccc1-n1nc(-c2ccccc2)c(CO)c1Cl. The first-order valence-corrected chi connectivity index (χ1v) is 7.10. The molecule has 0 unspecified atom stereocenters. The second-order valence-electron chi connectivity index (χ2n) is 4.84. The summed E-state index contributed by atoms with van der Waals surface area (Å²) in [5.41, 5.74) is 4.29. The summed E-state index contributed by atoms with van der Waals surface area (Å²) in [5.74, 6) is 0. The molecule has 0 spiro atoms. The number of aromatic nitrogens is 2. The Balaban J connectivity index is 2.21. The Labute approximate surface area is 128 Å². The van der Waals surface area contributed by atoms with E-state index in [1.807, 2.05) is 61.5 Å². The Kier molecular flexibility index (Phi) is 3.78. The fourth-order valence-electron chi connectivity index (χ4n) is 2.36. The van der Waals surface area contributed by atoms with Crippen LogP contribution in [0.15, 0.2) is 54.6 Å². The van der Waals surface area contributed by atoms with Crippen molar-refractivity contribution in [2.75, 3.05) is 0 Å². The Morgan fingerprint density at radius 3 is 2.38 bits per heavy atom. The van der Waals surface area contributed by atoms with Crippen LogP contribution in [-0.2, 0) is 6.61 Å². The molecule has 0 bridgehead atoms. The topological polar surface area (TPSA) is 38.0 Å². The molecule has 4 heteroatoms. The Morgan fingerprint density at radius 1 is 1.05 bits per heavy atom. The van der Waals surface area contributed by atoms with E-state index < -0.39 is 0 Å². The van der Waals surface area contributed by atoms with Gasteiger partial charge in [-0.2, -0.15) is 5.10 Å². The van der Waals surface area contributed by atoms with E-state index >= 15 is 0 Å². The molecule has 0 radical (unpaired) electrons. The van der Waals surface area contributed by atoms with Gasteiger partial charge in [0, 0.05) is 11.1 Å². The van der Waals surface area contributed by atoms with E-state index in [2.05, 4.69) is 5.10 Å². The van der Waals surface area contributed by atoms with E-state index in [4.69, 9.17) is 11.6 Å². The minimum Gasteiger partial charge on any atom is -0.391 e. The average molecular weight is 299 g/mol. The van der Waals surface area contributed by atoms with Crippen LogP contribution in [0.4, 0.5) is 0 Å². The third-order valence-corrected chi connectivity index (χ3v) is 3.86. The number of rotatable bonds is 3. The van der Waals surface area contributed by atoms with Gasteiger partial charge in [0.05, 0.1) is 18.0 Å². The zero-order chi connectivity index (χ0) is 14.8. The van der Waals surface area contributed by atoms with Crippen LogP contribution < -0.4 is 0 Å². The molecule has 0 amide bonds. The molecule has 0 saturated carbocycles. The lowest BCUT2D eigenvalue weighted by molar-refractivity contribution is 0.282. The Hall–Kier alpha value is -2.10. The molecule has 106 valence electrons. The Bertz CT molecular complexity index is 766. The zero-order valence-corrected chi connectivity index (χ0v) is 12.4. The predicted octanol–water partition coefficient (Wildman–Crippen LogP) is 3.99. The van der Waals surface area contributed by atoms with Gasteiger partial charge in [-0.25, -0.2) is 4.68 Å². The highest BCUT2D eigenvalue weighted by Crippen LogP contribution is 2.31. The van der Waals surface area contributed by atoms with Crippen molar-refractivity contribution < 1.29 is 5.11 Å². The summed E-state index contributed by atoms with van der Waals surface area (Å²) in [4.78, 5) is 0. The average Bonchev–Trinajstić information content (AvgIpc) is 2.85. The van der Waals surface area contributed by atoms with Gasteiger partial charge in [-0.05, 0) is 18.6 Å². The van der Waals surface area contributed by atoms with Gasteiger partial charge in [-0.1, -0.05) is 60.1 Å². The molecule has 21 heavy (non-hydrogen) atoms. The predicted molar refractivity (Wildman–Crippen MR) is 84.7 cm³/mol. The van der Waals surface area contributed by atoms with Gasteiger partial charge in [0.2, 0.25) is 0 Å². The molecule has 0 aliphatic rings. The number of benzene rings is 2. The molecular formula is C17H15ClN2O. The van der Waals surface area contributed by atoms with E-state index in [0.717, 1.165) is 16.8 Å². The molecule has 0 aliphatic heterocycles. The van der Waals surface area contributed by atoms with Gasteiger partial charge >= 0.3 is 0 Å². The monoisotopic (exact) mass is 298 g/mol. The highest BCUT2D eigenvalue weighted by Gasteiger charge is 2.18. The van der Waals surface area contributed by atoms with Crippen LogP contribution in [0.2, 0.25) is 5.15 Å². The molecule has 0 saturated heterocycles. The van der Waals surface area contributed by atoms with Crippen molar-refractivity contribution in [3.05, 3.63) is 70.9 Å². The smallest absolute Gasteiger partial charge is 0.139 e. The standard InChI is InChI=1S/C17H15ClN2O/c1-12-7-5-6-10-15(12)20-17(18)14(11-21)16(19-20)13-8-3-2-4-9-13/h2-10,21H,11H2,1H3. The summed E-state index contributed by atoms with van der Waals surface area (Å²) in [6.45, 7) is 1.86. The molecule has 0 fully saturated rings. The van der Waals surface area contributed by atoms with Crippen LogP contribution in [0, 0.1) is 6.92 Å². The van der Waals surface area contributed by atoms with Crippen LogP contribution >= 0.6 is 11.6 Å². The number of nitrogens with zero attached hydrogens (tertiary/aromatic N) is 2. The lowest BCUT2D eigenvalue weighted by Gasteiger charge is -2.06. The first-order valence-electron chi connectivity index (χ1n) is 6.72. The molecule has 2 aromatic carbocycles.